The quantitative estimate of drug-likeness (QED) is 0.106. The summed E-state index contributed by atoms with van der Waals surface area (Å²) in [4.78, 5) is 14.9. The average Bonchev–Trinajstić information content (AvgIpc) is 3.59. The number of carbonyl (C=O) groups excluding carboxylic acids is 1. The number of rotatable bonds is 10. The fraction of sp³-hybridized carbons (Fsp3) is 0.382. The third-order valence-corrected chi connectivity index (χ3v) is 8.62. The van der Waals surface area contributed by atoms with E-state index in [1.807, 2.05) is 30.3 Å². The predicted octanol–water partition coefficient (Wildman–Crippen LogP) is 7.35. The predicted molar refractivity (Wildman–Crippen MR) is 158 cm³/mol. The molecule has 5 rings (SSSR count). The molecule has 0 radical (unpaired) electrons. The Labute approximate surface area is 258 Å². The molecule has 2 N–H and O–H groups in total. The highest BCUT2D eigenvalue weighted by Gasteiger charge is 2.40. The van der Waals surface area contributed by atoms with Crippen LogP contribution in [0.5, 0.6) is 0 Å². The molecule has 4 atom stereocenters. The molecule has 0 unspecified atom stereocenters. The van der Waals surface area contributed by atoms with E-state index in [9.17, 15) is 31.9 Å². The summed E-state index contributed by atoms with van der Waals surface area (Å²) in [6.07, 6.45) is 5.06. The molecule has 2 fully saturated rings. The summed E-state index contributed by atoms with van der Waals surface area (Å²) in [6.45, 7) is 7.30. The van der Waals surface area contributed by atoms with Crippen LogP contribution in [0.15, 0.2) is 61.2 Å². The molecule has 3 aromatic carbocycles. The van der Waals surface area contributed by atoms with Crippen molar-refractivity contribution in [2.24, 2.45) is 5.92 Å². The Kier molecular flexibility index (Phi) is 10.3. The van der Waals surface area contributed by atoms with E-state index in [-0.39, 0.29) is 30.4 Å². The van der Waals surface area contributed by atoms with Gasteiger partial charge in [0.1, 0.15) is 5.56 Å². The van der Waals surface area contributed by atoms with Gasteiger partial charge < -0.3 is 19.9 Å². The molecule has 1 saturated carbocycles. The minimum absolute atomic E-state index is 0.0465. The van der Waals surface area contributed by atoms with Crippen molar-refractivity contribution in [3.63, 3.8) is 0 Å². The first-order valence-electron chi connectivity index (χ1n) is 14.9. The van der Waals surface area contributed by atoms with Crippen molar-refractivity contribution in [3.05, 3.63) is 113 Å². The number of nitrogens with zero attached hydrogens (tertiary/aromatic N) is 1. The molecule has 240 valence electrons. The molecule has 6 nitrogen and oxygen atoms in total. The number of aliphatic hydroxyl groups excluding tert-OH is 1. The lowest BCUT2D eigenvalue weighted by Crippen LogP contribution is -2.47. The zero-order valence-corrected chi connectivity index (χ0v) is 24.7. The van der Waals surface area contributed by atoms with E-state index in [1.165, 1.54) is 25.0 Å². The monoisotopic (exact) mass is 630 g/mol. The summed E-state index contributed by atoms with van der Waals surface area (Å²) in [7, 11) is 0. The minimum Gasteiger partial charge on any atom is -0.392 e. The number of ether oxygens (including phenoxy) is 2. The van der Waals surface area contributed by atoms with Crippen LogP contribution in [0.1, 0.15) is 72.0 Å². The lowest BCUT2D eigenvalue weighted by molar-refractivity contribution is -0.276. The Hall–Kier alpha value is -3.64. The zero-order valence-electron chi connectivity index (χ0n) is 24.7. The Morgan fingerprint density at radius 1 is 0.911 bits per heavy atom. The van der Waals surface area contributed by atoms with E-state index in [2.05, 4.69) is 23.7 Å². The van der Waals surface area contributed by atoms with Crippen molar-refractivity contribution in [1.29, 1.82) is 0 Å². The van der Waals surface area contributed by atoms with Gasteiger partial charge >= 0.3 is 0 Å². The maximum Gasteiger partial charge on any atom is 0.261 e. The summed E-state index contributed by atoms with van der Waals surface area (Å²) in [6, 6.07) is 14.0. The van der Waals surface area contributed by atoms with E-state index in [1.54, 1.807) is 12.1 Å². The molecule has 3 aromatic rings. The molecule has 0 bridgehead atoms. The Balaban J connectivity index is 1.38. The summed E-state index contributed by atoms with van der Waals surface area (Å²) in [5.74, 6) is -12.7. The zero-order chi connectivity index (χ0) is 32.2. The van der Waals surface area contributed by atoms with Crippen LogP contribution in [0.25, 0.3) is 0 Å². The van der Waals surface area contributed by atoms with Crippen LogP contribution in [0.2, 0.25) is 0 Å². The average molecular weight is 631 g/mol. The van der Waals surface area contributed by atoms with Gasteiger partial charge in [-0.2, -0.15) is 0 Å². The Morgan fingerprint density at radius 2 is 1.49 bits per heavy atom. The topological polar surface area (TPSA) is 71.0 Å². The van der Waals surface area contributed by atoms with Gasteiger partial charge in [-0.15, -0.1) is 6.58 Å². The second-order valence-corrected chi connectivity index (χ2v) is 11.5. The second-order valence-electron chi connectivity index (χ2n) is 11.5. The number of nitrogens with one attached hydrogen (secondary N) is 1. The van der Waals surface area contributed by atoms with Gasteiger partial charge in [-0.3, -0.25) is 9.69 Å². The number of carbonyl (C=O) groups is 1. The number of halogens is 5. The molecule has 1 amide bonds. The highest BCUT2D eigenvalue weighted by Crippen LogP contribution is 2.42. The number of amides is 1. The van der Waals surface area contributed by atoms with Crippen molar-refractivity contribution < 1.29 is 41.3 Å². The summed E-state index contributed by atoms with van der Waals surface area (Å²) in [5.41, 5.74) is 0.763. The van der Waals surface area contributed by atoms with E-state index in [0.29, 0.717) is 18.2 Å². The molecular formula is C34H35F5N2O4. The van der Waals surface area contributed by atoms with E-state index >= 15 is 0 Å². The van der Waals surface area contributed by atoms with Crippen LogP contribution >= 0.6 is 0 Å². The normalized spacial score (nSPS) is 22.1. The van der Waals surface area contributed by atoms with Crippen LogP contribution in [-0.2, 0) is 16.1 Å². The molecule has 1 aliphatic heterocycles. The van der Waals surface area contributed by atoms with Crippen LogP contribution in [0.4, 0.5) is 27.6 Å². The van der Waals surface area contributed by atoms with Crippen LogP contribution in [0.3, 0.4) is 0 Å². The first-order chi connectivity index (χ1) is 21.6. The third-order valence-electron chi connectivity index (χ3n) is 8.62. The van der Waals surface area contributed by atoms with Crippen LogP contribution < -0.4 is 5.32 Å². The van der Waals surface area contributed by atoms with Crippen molar-refractivity contribution in [1.82, 2.24) is 4.90 Å². The molecular weight excluding hydrogens is 595 g/mol. The number of benzene rings is 3. The van der Waals surface area contributed by atoms with Crippen molar-refractivity contribution in [2.45, 2.75) is 63.8 Å². The van der Waals surface area contributed by atoms with Gasteiger partial charge in [-0.05, 0) is 36.1 Å². The highest BCUT2D eigenvalue weighted by atomic mass is 19.2. The highest BCUT2D eigenvalue weighted by molar-refractivity contribution is 6.04. The smallest absolute Gasteiger partial charge is 0.261 e. The van der Waals surface area contributed by atoms with Gasteiger partial charge in [-0.25, -0.2) is 22.0 Å². The van der Waals surface area contributed by atoms with Crippen LogP contribution in [0, 0.1) is 35.0 Å². The summed E-state index contributed by atoms with van der Waals surface area (Å²) < 4.78 is 82.0. The van der Waals surface area contributed by atoms with E-state index in [0.717, 1.165) is 30.5 Å². The number of anilines is 1. The molecule has 1 aliphatic carbocycles. The Bertz CT molecular complexity index is 1480. The second kappa shape index (κ2) is 14.2. The summed E-state index contributed by atoms with van der Waals surface area (Å²) in [5, 5.41) is 11.7. The summed E-state index contributed by atoms with van der Waals surface area (Å²) >= 11 is 0. The van der Waals surface area contributed by atoms with Gasteiger partial charge in [0.25, 0.3) is 5.91 Å². The fourth-order valence-corrected chi connectivity index (χ4v) is 6.09. The maximum absolute atomic E-state index is 14.2. The van der Waals surface area contributed by atoms with Gasteiger partial charge in [0.15, 0.2) is 29.6 Å². The number of hydrogen-bond acceptors (Lipinski definition) is 5. The van der Waals surface area contributed by atoms with Crippen LogP contribution in [-0.4, -0.2) is 41.1 Å². The van der Waals surface area contributed by atoms with E-state index in [4.69, 9.17) is 9.47 Å². The van der Waals surface area contributed by atoms with Crippen molar-refractivity contribution in [2.75, 3.05) is 18.4 Å². The lowest BCUT2D eigenvalue weighted by atomic mass is 9.89. The molecule has 11 heteroatoms. The van der Waals surface area contributed by atoms with Gasteiger partial charge in [0.2, 0.25) is 5.82 Å². The Morgan fingerprint density at radius 3 is 2.07 bits per heavy atom. The van der Waals surface area contributed by atoms with Gasteiger partial charge in [-0.1, -0.05) is 62.2 Å². The minimum atomic E-state index is -2.34. The number of aliphatic hydroxyl groups is 1. The first kappa shape index (κ1) is 32.7. The molecule has 1 saturated heterocycles. The largest absolute Gasteiger partial charge is 0.392 e. The third kappa shape index (κ3) is 6.96. The fourth-order valence-electron chi connectivity index (χ4n) is 6.09. The van der Waals surface area contributed by atoms with Gasteiger partial charge in [0.05, 0.1) is 18.8 Å². The lowest BCUT2D eigenvalue weighted by Gasteiger charge is -2.43. The standard InChI is InChI=1S/C34H35F5N2O4/c1-3-16-41(24-6-4-5-7-24)17-25-19(2)32(21-10-8-20(18-42)9-11-21)45-34(44-25)22-12-14-23(15-13-22)40-33(43)26-27(35)29(37)31(39)30(38)28(26)36/h3,8-15,19,24-25,32,34,42H,1,4-7,16-18H2,2H3,(H,40,43)/t19-,25+,32+,34+/m0/s1. The van der Waals surface area contributed by atoms with Gasteiger partial charge in [0, 0.05) is 36.3 Å². The maximum atomic E-state index is 14.2. The van der Waals surface area contributed by atoms with E-state index < -0.39 is 46.8 Å². The van der Waals surface area contributed by atoms with Crippen molar-refractivity contribution in [3.8, 4) is 0 Å². The number of hydrogen-bond donors (Lipinski definition) is 2. The first-order valence-corrected chi connectivity index (χ1v) is 14.9. The SMILES string of the molecule is C=CCN(C[C@H]1O[C@@H](c2ccc(NC(=O)c3c(F)c(F)c(F)c(F)c3F)cc2)O[C@@H](c2ccc(CO)cc2)[C@H]1C)C1CCCC1. The van der Waals surface area contributed by atoms with Crippen molar-refractivity contribution >= 4 is 11.6 Å². The molecule has 2 aliphatic rings. The molecule has 0 aromatic heterocycles. The molecule has 1 heterocycles. The molecule has 45 heavy (non-hydrogen) atoms. The molecule has 0 spiro atoms.